The molecule has 0 fully saturated rings. The number of aryl methyl sites for hydroxylation is 1. The van der Waals surface area contributed by atoms with Crippen molar-refractivity contribution in [2.24, 2.45) is 0 Å². The number of hydrogen-bond acceptors (Lipinski definition) is 2. The van der Waals surface area contributed by atoms with E-state index in [0.717, 1.165) is 12.8 Å². The molecule has 1 nitrogen and oxygen atoms in total. The van der Waals surface area contributed by atoms with Crippen molar-refractivity contribution >= 4 is 17.5 Å². The molecule has 0 aromatic heterocycles. The van der Waals surface area contributed by atoms with E-state index in [-0.39, 0.29) is 0 Å². The van der Waals surface area contributed by atoms with Crippen molar-refractivity contribution in [3.8, 4) is 0 Å². The van der Waals surface area contributed by atoms with Gasteiger partial charge in [0, 0.05) is 11.3 Å². The minimum atomic E-state index is 0.397. The molecule has 0 radical (unpaired) electrons. The lowest BCUT2D eigenvalue weighted by Crippen LogP contribution is -2.01. The van der Waals surface area contributed by atoms with Crippen LogP contribution in [0.3, 0.4) is 0 Å². The van der Waals surface area contributed by atoms with E-state index in [1.54, 1.807) is 11.8 Å². The van der Waals surface area contributed by atoms with Crippen LogP contribution in [0.1, 0.15) is 70.3 Å². The highest BCUT2D eigenvalue weighted by atomic mass is 32.2. The molecule has 0 bridgehead atoms. The van der Waals surface area contributed by atoms with E-state index >= 15 is 0 Å². The third kappa shape index (κ3) is 8.98. The summed E-state index contributed by atoms with van der Waals surface area (Å²) in [5, 5.41) is 0. The zero-order chi connectivity index (χ0) is 15.3. The van der Waals surface area contributed by atoms with Gasteiger partial charge in [-0.2, -0.15) is 0 Å². The summed E-state index contributed by atoms with van der Waals surface area (Å²) in [5.74, 6) is 1.02. The molecule has 0 heterocycles. The molecule has 0 aliphatic heterocycles. The van der Waals surface area contributed by atoms with Gasteiger partial charge < -0.3 is 0 Å². The number of thioether (sulfide) groups is 1. The molecule has 0 unspecified atom stereocenters. The van der Waals surface area contributed by atoms with E-state index in [1.807, 2.05) is 12.1 Å². The predicted octanol–water partition coefficient (Wildman–Crippen LogP) is 6.19. The Kier molecular flexibility index (Phi) is 10.3. The van der Waals surface area contributed by atoms with E-state index in [4.69, 9.17) is 0 Å². The lowest BCUT2D eigenvalue weighted by Gasteiger charge is -2.05. The molecular formula is C19H30OS. The average molecular weight is 307 g/mol. The smallest absolute Gasteiger partial charge is 0.143 e. The van der Waals surface area contributed by atoms with Gasteiger partial charge in [-0.05, 0) is 25.0 Å². The maximum Gasteiger partial charge on any atom is 0.143 e. The second-order valence-electron chi connectivity index (χ2n) is 5.82. The Hall–Kier alpha value is -0.760. The van der Waals surface area contributed by atoms with Gasteiger partial charge >= 0.3 is 0 Å². The fraction of sp³-hybridized carbons (Fsp3) is 0.632. The van der Waals surface area contributed by atoms with Crippen molar-refractivity contribution in [1.82, 2.24) is 0 Å². The molecule has 0 amide bonds. The van der Waals surface area contributed by atoms with E-state index < -0.39 is 0 Å². The summed E-state index contributed by atoms with van der Waals surface area (Å²) in [6, 6.07) is 8.29. The zero-order valence-corrected chi connectivity index (χ0v) is 14.5. The topological polar surface area (TPSA) is 17.1 Å². The van der Waals surface area contributed by atoms with Crippen molar-refractivity contribution in [2.45, 2.75) is 76.5 Å². The number of ketones is 1. The largest absolute Gasteiger partial charge is 0.299 e. The lowest BCUT2D eigenvalue weighted by atomic mass is 10.1. The monoisotopic (exact) mass is 306 g/mol. The molecule has 0 aliphatic carbocycles. The Morgan fingerprint density at radius 1 is 0.952 bits per heavy atom. The fourth-order valence-corrected chi connectivity index (χ4v) is 3.34. The van der Waals surface area contributed by atoms with Gasteiger partial charge in [0.05, 0.1) is 5.75 Å². The van der Waals surface area contributed by atoms with E-state index in [2.05, 4.69) is 26.0 Å². The molecule has 0 N–H and O–H groups in total. The van der Waals surface area contributed by atoms with Crippen LogP contribution in [0.5, 0.6) is 0 Å². The van der Waals surface area contributed by atoms with Crippen molar-refractivity contribution in [2.75, 3.05) is 5.75 Å². The Bertz CT molecular complexity index is 400. The van der Waals surface area contributed by atoms with Crippen molar-refractivity contribution in [3.05, 3.63) is 29.8 Å². The number of Topliss-reactive ketones (excluding diaryl/α,β-unsaturated/α-hetero) is 1. The minimum Gasteiger partial charge on any atom is -0.299 e. The Labute approximate surface area is 134 Å². The lowest BCUT2D eigenvalue weighted by molar-refractivity contribution is -0.116. The van der Waals surface area contributed by atoms with Crippen molar-refractivity contribution in [3.63, 3.8) is 0 Å². The summed E-state index contributed by atoms with van der Waals surface area (Å²) in [7, 11) is 0. The summed E-state index contributed by atoms with van der Waals surface area (Å²) in [5.41, 5.74) is 1.27. The molecule has 0 saturated heterocycles. The third-order valence-corrected chi connectivity index (χ3v) is 5.03. The number of rotatable bonds is 12. The van der Waals surface area contributed by atoms with Crippen LogP contribution in [0.2, 0.25) is 0 Å². The van der Waals surface area contributed by atoms with Crippen LogP contribution < -0.4 is 0 Å². The number of hydrogen-bond donors (Lipinski definition) is 0. The quantitative estimate of drug-likeness (QED) is 0.338. The molecule has 0 saturated carbocycles. The van der Waals surface area contributed by atoms with Gasteiger partial charge in [-0.25, -0.2) is 0 Å². The second-order valence-corrected chi connectivity index (χ2v) is 6.83. The van der Waals surface area contributed by atoms with Crippen LogP contribution in [0.15, 0.2) is 29.2 Å². The second kappa shape index (κ2) is 11.9. The van der Waals surface area contributed by atoms with E-state index in [9.17, 15) is 4.79 Å². The SMILES string of the molecule is CCCCCCCCCCC(=O)CSc1ccccc1C. The fourth-order valence-electron chi connectivity index (χ4n) is 2.40. The normalized spacial score (nSPS) is 10.8. The van der Waals surface area contributed by atoms with Crippen LogP contribution in [-0.2, 0) is 4.79 Å². The zero-order valence-electron chi connectivity index (χ0n) is 13.7. The summed E-state index contributed by atoms with van der Waals surface area (Å²) in [4.78, 5) is 13.1. The van der Waals surface area contributed by atoms with Gasteiger partial charge in [0.2, 0.25) is 0 Å². The first-order valence-corrected chi connectivity index (χ1v) is 9.42. The molecule has 118 valence electrons. The third-order valence-electron chi connectivity index (χ3n) is 3.79. The van der Waals surface area contributed by atoms with Crippen LogP contribution in [-0.4, -0.2) is 11.5 Å². The molecule has 1 rings (SSSR count). The minimum absolute atomic E-state index is 0.397. The first kappa shape index (κ1) is 18.3. The van der Waals surface area contributed by atoms with Crippen LogP contribution in [0, 0.1) is 6.92 Å². The highest BCUT2D eigenvalue weighted by molar-refractivity contribution is 8.00. The molecule has 0 aliphatic rings. The first-order chi connectivity index (χ1) is 10.2. The first-order valence-electron chi connectivity index (χ1n) is 8.44. The summed E-state index contributed by atoms with van der Waals surface area (Å²) in [6.07, 6.45) is 11.1. The summed E-state index contributed by atoms with van der Waals surface area (Å²) >= 11 is 1.68. The van der Waals surface area contributed by atoms with Crippen molar-refractivity contribution in [1.29, 1.82) is 0 Å². The van der Waals surface area contributed by atoms with Gasteiger partial charge in [0.1, 0.15) is 5.78 Å². The number of carbonyl (C=O) groups excluding carboxylic acids is 1. The van der Waals surface area contributed by atoms with Crippen LogP contribution >= 0.6 is 11.8 Å². The van der Waals surface area contributed by atoms with Gasteiger partial charge in [-0.1, -0.05) is 70.1 Å². The summed E-state index contributed by atoms with van der Waals surface area (Å²) in [6.45, 7) is 4.35. The van der Waals surface area contributed by atoms with Crippen LogP contribution in [0.25, 0.3) is 0 Å². The highest BCUT2D eigenvalue weighted by Crippen LogP contribution is 2.22. The Balaban J connectivity index is 2.00. The summed E-state index contributed by atoms with van der Waals surface area (Å²) < 4.78 is 0. The van der Waals surface area contributed by atoms with Gasteiger partial charge in [0.15, 0.2) is 0 Å². The number of carbonyl (C=O) groups is 1. The maximum atomic E-state index is 11.9. The Morgan fingerprint density at radius 2 is 1.57 bits per heavy atom. The molecule has 0 atom stereocenters. The molecule has 1 aromatic rings. The maximum absolute atomic E-state index is 11.9. The molecule has 0 spiro atoms. The van der Waals surface area contributed by atoms with Gasteiger partial charge in [-0.15, -0.1) is 11.8 Å². The van der Waals surface area contributed by atoms with Crippen molar-refractivity contribution < 1.29 is 4.79 Å². The van der Waals surface area contributed by atoms with Gasteiger partial charge in [0.25, 0.3) is 0 Å². The average Bonchev–Trinajstić information content (AvgIpc) is 2.49. The molecular weight excluding hydrogens is 276 g/mol. The Morgan fingerprint density at radius 3 is 2.24 bits per heavy atom. The van der Waals surface area contributed by atoms with E-state index in [1.165, 1.54) is 55.4 Å². The number of benzene rings is 1. The standard InChI is InChI=1S/C19H30OS/c1-3-4-5-6-7-8-9-10-14-18(20)16-21-19-15-12-11-13-17(19)2/h11-13,15H,3-10,14,16H2,1-2H3. The number of unbranched alkanes of at least 4 members (excludes halogenated alkanes) is 7. The molecule has 21 heavy (non-hydrogen) atoms. The van der Waals surface area contributed by atoms with Crippen LogP contribution in [0.4, 0.5) is 0 Å². The highest BCUT2D eigenvalue weighted by Gasteiger charge is 2.04. The predicted molar refractivity (Wildman–Crippen MR) is 94.1 cm³/mol. The molecule has 2 heteroatoms. The van der Waals surface area contributed by atoms with E-state index in [0.29, 0.717) is 11.5 Å². The molecule has 1 aromatic carbocycles. The van der Waals surface area contributed by atoms with Gasteiger partial charge in [-0.3, -0.25) is 4.79 Å².